The van der Waals surface area contributed by atoms with Gasteiger partial charge in [0.15, 0.2) is 11.7 Å². The molecule has 3 rings (SSSR count). The lowest BCUT2D eigenvalue weighted by atomic mass is 10.2. The Kier molecular flexibility index (Phi) is 3.39. The van der Waals surface area contributed by atoms with Gasteiger partial charge in [-0.3, -0.25) is 4.98 Å². The second-order valence-electron chi connectivity index (χ2n) is 4.70. The van der Waals surface area contributed by atoms with Crippen LogP contribution < -0.4 is 0 Å². The Hall–Kier alpha value is -2.69. The maximum absolute atomic E-state index is 12.1. The number of ether oxygens (including phenoxy) is 1. The van der Waals surface area contributed by atoms with Gasteiger partial charge in [-0.2, -0.15) is 0 Å². The predicted molar refractivity (Wildman–Crippen MR) is 76.8 cm³/mol. The molecule has 3 aromatic rings. The van der Waals surface area contributed by atoms with Gasteiger partial charge in [0, 0.05) is 6.20 Å². The molecule has 0 N–H and O–H groups in total. The number of hydrogen-bond acceptors (Lipinski definition) is 5. The quantitative estimate of drug-likeness (QED) is 0.688. The van der Waals surface area contributed by atoms with Crippen LogP contribution in [0.3, 0.4) is 0 Å². The van der Waals surface area contributed by atoms with E-state index in [4.69, 9.17) is 9.15 Å². The minimum Gasteiger partial charge on any atom is -0.449 e. The first-order valence-corrected chi connectivity index (χ1v) is 6.63. The fourth-order valence-electron chi connectivity index (χ4n) is 2.04. The molecule has 5 heteroatoms. The highest BCUT2D eigenvalue weighted by Crippen LogP contribution is 2.23. The van der Waals surface area contributed by atoms with Crippen LogP contribution in [0.25, 0.3) is 11.1 Å². The minimum absolute atomic E-state index is 0.381. The van der Waals surface area contributed by atoms with Crippen LogP contribution in [0.1, 0.15) is 35.0 Å². The fourth-order valence-corrected chi connectivity index (χ4v) is 2.04. The molecule has 0 unspecified atom stereocenters. The molecule has 0 fully saturated rings. The zero-order valence-corrected chi connectivity index (χ0v) is 11.7. The van der Waals surface area contributed by atoms with E-state index < -0.39 is 12.1 Å². The molecule has 106 valence electrons. The first-order chi connectivity index (χ1) is 10.1. The van der Waals surface area contributed by atoms with E-state index in [0.717, 1.165) is 5.52 Å². The van der Waals surface area contributed by atoms with Crippen molar-refractivity contribution in [2.24, 2.45) is 0 Å². The second kappa shape index (κ2) is 5.36. The molecule has 0 radical (unpaired) electrons. The Morgan fingerprint density at radius 2 is 2.05 bits per heavy atom. The number of pyridine rings is 1. The van der Waals surface area contributed by atoms with Crippen molar-refractivity contribution in [1.29, 1.82) is 0 Å². The number of benzene rings is 1. The maximum Gasteiger partial charge on any atom is 0.340 e. The van der Waals surface area contributed by atoms with Crippen molar-refractivity contribution < 1.29 is 13.9 Å². The summed E-state index contributed by atoms with van der Waals surface area (Å²) in [4.78, 5) is 20.5. The number of carbonyl (C=O) groups excluding carboxylic acids is 1. The number of rotatable bonds is 3. The summed E-state index contributed by atoms with van der Waals surface area (Å²) in [5.41, 5.74) is 2.49. The smallest absolute Gasteiger partial charge is 0.340 e. The highest BCUT2D eigenvalue weighted by Gasteiger charge is 2.20. The summed E-state index contributed by atoms with van der Waals surface area (Å²) >= 11 is 0. The molecule has 0 aliphatic heterocycles. The zero-order valence-electron chi connectivity index (χ0n) is 11.7. The summed E-state index contributed by atoms with van der Waals surface area (Å²) in [6, 6.07) is 10.8. The van der Waals surface area contributed by atoms with Crippen LogP contribution in [0.5, 0.6) is 0 Å². The SMILES string of the molecule is Cc1ncccc1C(=O)O[C@@H](C)c1nc2ccccc2o1. The van der Waals surface area contributed by atoms with Gasteiger partial charge in [-0.1, -0.05) is 12.1 Å². The van der Waals surface area contributed by atoms with Crippen molar-refractivity contribution in [3.8, 4) is 0 Å². The largest absolute Gasteiger partial charge is 0.449 e. The van der Waals surface area contributed by atoms with Crippen molar-refractivity contribution in [2.75, 3.05) is 0 Å². The third kappa shape index (κ3) is 2.63. The molecule has 5 nitrogen and oxygen atoms in total. The number of carbonyl (C=O) groups is 1. The average molecular weight is 282 g/mol. The van der Waals surface area contributed by atoms with Crippen LogP contribution in [-0.2, 0) is 4.74 Å². The summed E-state index contributed by atoms with van der Waals surface area (Å²) < 4.78 is 11.0. The molecule has 0 bridgehead atoms. The van der Waals surface area contributed by atoms with Crippen LogP contribution >= 0.6 is 0 Å². The van der Waals surface area contributed by atoms with E-state index in [0.29, 0.717) is 22.7 Å². The van der Waals surface area contributed by atoms with E-state index in [1.54, 1.807) is 32.2 Å². The molecule has 0 amide bonds. The molecule has 0 aliphatic carbocycles. The number of aryl methyl sites for hydroxylation is 1. The zero-order chi connectivity index (χ0) is 14.8. The Morgan fingerprint density at radius 1 is 1.24 bits per heavy atom. The molecule has 0 saturated heterocycles. The molecule has 0 spiro atoms. The first kappa shape index (κ1) is 13.3. The molecule has 2 heterocycles. The average Bonchev–Trinajstić information content (AvgIpc) is 2.91. The Balaban J connectivity index is 1.81. The Morgan fingerprint density at radius 3 is 2.81 bits per heavy atom. The summed E-state index contributed by atoms with van der Waals surface area (Å²) in [7, 11) is 0. The fraction of sp³-hybridized carbons (Fsp3) is 0.188. The molecule has 1 aromatic carbocycles. The second-order valence-corrected chi connectivity index (χ2v) is 4.70. The Bertz CT molecular complexity index is 762. The minimum atomic E-state index is -0.565. The van der Waals surface area contributed by atoms with Crippen molar-refractivity contribution in [1.82, 2.24) is 9.97 Å². The van der Waals surface area contributed by atoms with Crippen LogP contribution in [0, 0.1) is 6.92 Å². The van der Waals surface area contributed by atoms with Crippen molar-refractivity contribution in [3.63, 3.8) is 0 Å². The lowest BCUT2D eigenvalue weighted by Crippen LogP contribution is -2.11. The third-order valence-electron chi connectivity index (χ3n) is 3.17. The van der Waals surface area contributed by atoms with E-state index >= 15 is 0 Å². The van der Waals surface area contributed by atoms with Crippen LogP contribution in [0.15, 0.2) is 47.0 Å². The van der Waals surface area contributed by atoms with E-state index in [9.17, 15) is 4.79 Å². The number of oxazole rings is 1. The van der Waals surface area contributed by atoms with Crippen LogP contribution in [0.2, 0.25) is 0 Å². The first-order valence-electron chi connectivity index (χ1n) is 6.63. The van der Waals surface area contributed by atoms with Gasteiger partial charge in [0.25, 0.3) is 0 Å². The number of esters is 1. The van der Waals surface area contributed by atoms with Crippen molar-refractivity contribution >= 4 is 17.1 Å². The van der Waals surface area contributed by atoms with Gasteiger partial charge >= 0.3 is 5.97 Å². The van der Waals surface area contributed by atoms with Gasteiger partial charge in [-0.05, 0) is 38.1 Å². The monoisotopic (exact) mass is 282 g/mol. The topological polar surface area (TPSA) is 65.2 Å². The van der Waals surface area contributed by atoms with Gasteiger partial charge in [-0.25, -0.2) is 9.78 Å². The lowest BCUT2D eigenvalue weighted by Gasteiger charge is -2.10. The van der Waals surface area contributed by atoms with Gasteiger partial charge < -0.3 is 9.15 Å². The summed E-state index contributed by atoms with van der Waals surface area (Å²) in [5.74, 6) is -0.0542. The van der Waals surface area contributed by atoms with Gasteiger partial charge in [0.1, 0.15) is 5.52 Å². The number of aromatic nitrogens is 2. The van der Waals surface area contributed by atoms with Gasteiger partial charge in [0.05, 0.1) is 11.3 Å². The number of para-hydroxylation sites is 2. The normalized spacial score (nSPS) is 12.3. The molecule has 1 atom stereocenters. The predicted octanol–water partition coefficient (Wildman–Crippen LogP) is 3.45. The molecule has 0 aliphatic rings. The number of fused-ring (bicyclic) bond motifs is 1. The molecular weight excluding hydrogens is 268 g/mol. The van der Waals surface area contributed by atoms with Crippen LogP contribution in [-0.4, -0.2) is 15.9 Å². The van der Waals surface area contributed by atoms with Crippen molar-refractivity contribution in [2.45, 2.75) is 20.0 Å². The molecule has 0 saturated carbocycles. The molecular formula is C16H14N2O3. The highest BCUT2D eigenvalue weighted by molar-refractivity contribution is 5.90. The maximum atomic E-state index is 12.1. The van der Waals surface area contributed by atoms with Crippen molar-refractivity contribution in [3.05, 3.63) is 59.7 Å². The summed E-state index contributed by atoms with van der Waals surface area (Å²) in [5, 5.41) is 0. The Labute approximate surface area is 121 Å². The van der Waals surface area contributed by atoms with E-state index in [-0.39, 0.29) is 0 Å². The molecule has 21 heavy (non-hydrogen) atoms. The number of hydrogen-bond donors (Lipinski definition) is 0. The summed E-state index contributed by atoms with van der Waals surface area (Å²) in [6.07, 6.45) is 1.07. The standard InChI is InChI=1S/C16H14N2O3/c1-10-12(6-5-9-17-10)16(19)20-11(2)15-18-13-7-3-4-8-14(13)21-15/h3-9,11H,1-2H3/t11-/m0/s1. The van der Waals surface area contributed by atoms with Gasteiger partial charge in [0.2, 0.25) is 5.89 Å². The highest BCUT2D eigenvalue weighted by atomic mass is 16.6. The third-order valence-corrected chi connectivity index (χ3v) is 3.17. The van der Waals surface area contributed by atoms with E-state index in [1.807, 2.05) is 24.3 Å². The van der Waals surface area contributed by atoms with E-state index in [1.165, 1.54) is 0 Å². The van der Waals surface area contributed by atoms with E-state index in [2.05, 4.69) is 9.97 Å². The molecule has 2 aromatic heterocycles. The summed E-state index contributed by atoms with van der Waals surface area (Å²) in [6.45, 7) is 3.50. The van der Waals surface area contributed by atoms with Gasteiger partial charge in [-0.15, -0.1) is 0 Å². The number of nitrogens with zero attached hydrogens (tertiary/aromatic N) is 2. The lowest BCUT2D eigenvalue weighted by molar-refractivity contribution is 0.0281. The van der Waals surface area contributed by atoms with Crippen LogP contribution in [0.4, 0.5) is 0 Å².